The molecule has 0 aliphatic rings. The molecular formula is C27H48O9-2. The third-order valence-electron chi connectivity index (χ3n) is 6.20. The Hall–Kier alpha value is -1.71. The first-order valence-electron chi connectivity index (χ1n) is 13.8. The van der Waals surface area contributed by atoms with Crippen LogP contribution in [0.25, 0.3) is 0 Å². The van der Waals surface area contributed by atoms with E-state index in [0.29, 0.717) is 6.61 Å². The lowest BCUT2D eigenvalue weighted by Crippen LogP contribution is -2.53. The van der Waals surface area contributed by atoms with Crippen molar-refractivity contribution >= 4 is 17.9 Å². The first-order chi connectivity index (χ1) is 17.2. The second kappa shape index (κ2) is 22.5. The molecule has 0 aromatic carbocycles. The van der Waals surface area contributed by atoms with Gasteiger partial charge in [-0.3, -0.25) is 4.79 Å². The fraction of sp³-hybridized carbons (Fsp3) is 0.889. The maximum atomic E-state index is 11.9. The number of carboxylic acid groups (broad SMARTS) is 2. The van der Waals surface area contributed by atoms with E-state index in [9.17, 15) is 34.8 Å². The molecule has 212 valence electrons. The first kappa shape index (κ1) is 34.3. The van der Waals surface area contributed by atoms with Gasteiger partial charge in [0.15, 0.2) is 0 Å². The molecule has 2 N–H and O–H groups in total. The van der Waals surface area contributed by atoms with Crippen LogP contribution in [0.3, 0.4) is 0 Å². The Bertz CT molecular complexity index is 582. The normalized spacial score (nSPS) is 13.8. The Kier molecular flexibility index (Phi) is 21.4. The summed E-state index contributed by atoms with van der Waals surface area (Å²) in [5.41, 5.74) is -2.94. The highest BCUT2D eigenvalue weighted by molar-refractivity contribution is 5.87. The van der Waals surface area contributed by atoms with Gasteiger partial charge >= 0.3 is 5.97 Å². The summed E-state index contributed by atoms with van der Waals surface area (Å²) in [5, 5.41) is 40.7. The molecule has 0 rings (SSSR count). The summed E-state index contributed by atoms with van der Waals surface area (Å²) in [6, 6.07) is 0. The molecule has 0 aliphatic heterocycles. The van der Waals surface area contributed by atoms with Gasteiger partial charge in [0.05, 0.1) is 25.6 Å². The summed E-state index contributed by atoms with van der Waals surface area (Å²) in [6.45, 7) is 2.03. The second-order valence-corrected chi connectivity index (χ2v) is 9.72. The maximum absolute atomic E-state index is 11.9. The zero-order valence-corrected chi connectivity index (χ0v) is 22.2. The van der Waals surface area contributed by atoms with Gasteiger partial charge in [-0.1, -0.05) is 103 Å². The minimum Gasteiger partial charge on any atom is -0.550 e. The predicted molar refractivity (Wildman–Crippen MR) is 132 cm³/mol. The van der Waals surface area contributed by atoms with Crippen molar-refractivity contribution in [2.75, 3.05) is 19.8 Å². The van der Waals surface area contributed by atoms with Crippen LogP contribution in [-0.2, 0) is 23.9 Å². The van der Waals surface area contributed by atoms with Crippen LogP contribution < -0.4 is 10.2 Å². The van der Waals surface area contributed by atoms with Crippen molar-refractivity contribution in [2.45, 2.75) is 134 Å². The summed E-state index contributed by atoms with van der Waals surface area (Å²) in [7, 11) is 0. The molecule has 0 heterocycles. The number of carbonyl (C=O) groups is 3. The van der Waals surface area contributed by atoms with E-state index < -0.39 is 49.1 Å². The molecule has 0 spiro atoms. The van der Waals surface area contributed by atoms with E-state index in [1.165, 1.54) is 83.5 Å². The fourth-order valence-electron chi connectivity index (χ4n) is 4.00. The van der Waals surface area contributed by atoms with E-state index in [2.05, 4.69) is 6.92 Å². The van der Waals surface area contributed by atoms with Crippen LogP contribution in [0.4, 0.5) is 0 Å². The van der Waals surface area contributed by atoms with Crippen LogP contribution in [-0.4, -0.2) is 59.6 Å². The number of aliphatic hydroxyl groups excluding tert-OH is 1. The number of hydrogen-bond acceptors (Lipinski definition) is 9. The van der Waals surface area contributed by atoms with Crippen LogP contribution in [0.15, 0.2) is 0 Å². The molecule has 2 unspecified atom stereocenters. The molecule has 0 aromatic rings. The second-order valence-electron chi connectivity index (χ2n) is 9.72. The lowest BCUT2D eigenvalue weighted by atomic mass is 9.96. The lowest BCUT2D eigenvalue weighted by Gasteiger charge is -2.29. The largest absolute Gasteiger partial charge is 0.550 e. The van der Waals surface area contributed by atoms with Gasteiger partial charge in [0.25, 0.3) is 0 Å². The van der Waals surface area contributed by atoms with Gasteiger partial charge in [0.2, 0.25) is 0 Å². The quantitative estimate of drug-likeness (QED) is 0.130. The van der Waals surface area contributed by atoms with E-state index in [4.69, 9.17) is 9.47 Å². The number of carbonyl (C=O) groups excluding carboxylic acids is 3. The molecule has 0 saturated heterocycles. The minimum atomic E-state index is -2.94. The van der Waals surface area contributed by atoms with Crippen LogP contribution in [0.5, 0.6) is 0 Å². The van der Waals surface area contributed by atoms with Crippen molar-refractivity contribution in [1.29, 1.82) is 0 Å². The maximum Gasteiger partial charge on any atom is 0.309 e. The summed E-state index contributed by atoms with van der Waals surface area (Å²) in [5.74, 6) is -5.16. The zero-order valence-electron chi connectivity index (χ0n) is 22.2. The topological polar surface area (TPSA) is 156 Å². The van der Waals surface area contributed by atoms with Crippen molar-refractivity contribution in [2.24, 2.45) is 0 Å². The van der Waals surface area contributed by atoms with Gasteiger partial charge in [-0.2, -0.15) is 0 Å². The smallest absolute Gasteiger partial charge is 0.309 e. The standard InChI is InChI=1S/C27H50O9/c1-2-3-4-5-6-7-8-9-10-11-12-13-14-15-16-17-18-35-22-23(21-28)36-25(31)20-27(34,26(32)33)19-24(29)30/h23,28,34H,2-22H2,1H3,(H,29,30)(H,32,33)/p-2. The molecule has 0 aromatic heterocycles. The molecule has 0 fully saturated rings. The molecule has 9 heteroatoms. The predicted octanol–water partition coefficient (Wildman–Crippen LogP) is 2.18. The molecule has 2 atom stereocenters. The van der Waals surface area contributed by atoms with E-state index in [-0.39, 0.29) is 6.61 Å². The number of hydrogen-bond donors (Lipinski definition) is 2. The molecule has 0 radical (unpaired) electrons. The Balaban J connectivity index is 3.68. The molecule has 0 amide bonds. The molecule has 9 nitrogen and oxygen atoms in total. The van der Waals surface area contributed by atoms with Crippen LogP contribution >= 0.6 is 0 Å². The molecule has 0 saturated carbocycles. The molecular weight excluding hydrogens is 468 g/mol. The van der Waals surface area contributed by atoms with Crippen LogP contribution in [0.2, 0.25) is 0 Å². The highest BCUT2D eigenvalue weighted by Crippen LogP contribution is 2.16. The fourth-order valence-corrected chi connectivity index (χ4v) is 4.00. The number of aliphatic carboxylic acids is 2. The Morgan fingerprint density at radius 3 is 1.58 bits per heavy atom. The summed E-state index contributed by atoms with van der Waals surface area (Å²) >= 11 is 0. The first-order valence-corrected chi connectivity index (χ1v) is 13.8. The zero-order chi connectivity index (χ0) is 27.1. The van der Waals surface area contributed by atoms with Gasteiger partial charge in [0, 0.05) is 19.0 Å². The van der Waals surface area contributed by atoms with Crippen LogP contribution in [0.1, 0.15) is 122 Å². The Morgan fingerprint density at radius 2 is 1.19 bits per heavy atom. The Labute approximate surface area is 216 Å². The van der Waals surface area contributed by atoms with Gasteiger partial charge in [-0.25, -0.2) is 0 Å². The van der Waals surface area contributed by atoms with Crippen LogP contribution in [0, 0.1) is 0 Å². The van der Waals surface area contributed by atoms with Gasteiger partial charge in [-0.05, 0) is 6.42 Å². The van der Waals surface area contributed by atoms with E-state index in [1.54, 1.807) is 0 Å². The molecule has 0 aliphatic carbocycles. The third kappa shape index (κ3) is 19.5. The number of esters is 1. The number of carboxylic acids is 2. The number of aliphatic hydroxyl groups is 2. The number of unbranched alkanes of at least 4 members (excludes halogenated alkanes) is 15. The van der Waals surface area contributed by atoms with Gasteiger partial charge in [0.1, 0.15) is 11.7 Å². The summed E-state index contributed by atoms with van der Waals surface area (Å²) < 4.78 is 10.3. The minimum absolute atomic E-state index is 0.0920. The van der Waals surface area contributed by atoms with E-state index >= 15 is 0 Å². The highest BCUT2D eigenvalue weighted by Gasteiger charge is 2.33. The van der Waals surface area contributed by atoms with E-state index in [0.717, 1.165) is 19.3 Å². The van der Waals surface area contributed by atoms with Crippen molar-refractivity contribution < 1.29 is 44.3 Å². The SMILES string of the molecule is CCCCCCCCCCCCCCCCCCOCC(CO)OC(=O)CC(O)(CC(=O)[O-])C(=O)[O-]. The summed E-state index contributed by atoms with van der Waals surface area (Å²) in [4.78, 5) is 33.4. The number of ether oxygens (including phenoxy) is 2. The summed E-state index contributed by atoms with van der Waals surface area (Å²) in [6.07, 6.45) is 16.8. The molecule has 36 heavy (non-hydrogen) atoms. The van der Waals surface area contributed by atoms with Gasteiger partial charge < -0.3 is 39.5 Å². The highest BCUT2D eigenvalue weighted by atomic mass is 16.6. The van der Waals surface area contributed by atoms with Gasteiger partial charge in [-0.15, -0.1) is 0 Å². The third-order valence-corrected chi connectivity index (χ3v) is 6.20. The van der Waals surface area contributed by atoms with Crippen molar-refractivity contribution in [3.8, 4) is 0 Å². The monoisotopic (exact) mass is 516 g/mol. The lowest BCUT2D eigenvalue weighted by molar-refractivity contribution is -0.333. The average molecular weight is 517 g/mol. The van der Waals surface area contributed by atoms with Crippen molar-refractivity contribution in [3.63, 3.8) is 0 Å². The van der Waals surface area contributed by atoms with Crippen molar-refractivity contribution in [1.82, 2.24) is 0 Å². The molecule has 0 bridgehead atoms. The van der Waals surface area contributed by atoms with E-state index in [1.807, 2.05) is 0 Å². The Morgan fingerprint density at radius 1 is 0.750 bits per heavy atom. The average Bonchev–Trinajstić information content (AvgIpc) is 2.81. The van der Waals surface area contributed by atoms with Crippen molar-refractivity contribution in [3.05, 3.63) is 0 Å². The number of rotatable bonds is 26.